The van der Waals surface area contributed by atoms with Gasteiger partial charge in [-0.3, -0.25) is 4.90 Å². The van der Waals surface area contributed by atoms with Crippen LogP contribution in [0.5, 0.6) is 0 Å². The average molecular weight is 231 g/mol. The minimum atomic E-state index is 0.869. The minimum Gasteiger partial charge on any atom is -0.299 e. The third kappa shape index (κ3) is 3.10. The van der Waals surface area contributed by atoms with Gasteiger partial charge in [0.05, 0.1) is 0 Å². The summed E-state index contributed by atoms with van der Waals surface area (Å²) < 4.78 is 0. The van der Waals surface area contributed by atoms with Gasteiger partial charge in [0.25, 0.3) is 0 Å². The van der Waals surface area contributed by atoms with Crippen molar-refractivity contribution in [3.63, 3.8) is 0 Å². The third-order valence-electron chi connectivity index (χ3n) is 4.21. The van der Waals surface area contributed by atoms with Gasteiger partial charge in [0.1, 0.15) is 0 Å². The number of hydrogen-bond acceptors (Lipinski definition) is 1. The van der Waals surface area contributed by atoms with Crippen molar-refractivity contribution in [2.24, 2.45) is 5.92 Å². The average Bonchev–Trinajstić information content (AvgIpc) is 2.36. The molecule has 1 aromatic carbocycles. The number of benzene rings is 1. The van der Waals surface area contributed by atoms with Crippen molar-refractivity contribution in [1.82, 2.24) is 4.90 Å². The van der Waals surface area contributed by atoms with E-state index in [2.05, 4.69) is 43.9 Å². The van der Waals surface area contributed by atoms with Crippen molar-refractivity contribution in [2.45, 2.75) is 46.6 Å². The predicted molar refractivity (Wildman–Crippen MR) is 74.2 cm³/mol. The molecule has 0 aromatic heterocycles. The lowest BCUT2D eigenvalue weighted by atomic mass is 9.95. The Labute approximate surface area is 106 Å². The molecular weight excluding hydrogens is 206 g/mol. The summed E-state index contributed by atoms with van der Waals surface area (Å²) in [7, 11) is 0. The van der Waals surface area contributed by atoms with Crippen molar-refractivity contribution in [2.75, 3.05) is 13.1 Å². The molecule has 1 atom stereocenters. The quantitative estimate of drug-likeness (QED) is 0.762. The molecule has 0 radical (unpaired) electrons. The maximum atomic E-state index is 2.62. The molecule has 0 spiro atoms. The van der Waals surface area contributed by atoms with Gasteiger partial charge in [0, 0.05) is 13.1 Å². The molecule has 1 aliphatic heterocycles. The van der Waals surface area contributed by atoms with E-state index in [-0.39, 0.29) is 0 Å². The van der Waals surface area contributed by atoms with E-state index in [4.69, 9.17) is 0 Å². The lowest BCUT2D eigenvalue weighted by molar-refractivity contribution is 0.235. The van der Waals surface area contributed by atoms with Crippen LogP contribution in [0.3, 0.4) is 0 Å². The van der Waals surface area contributed by atoms with Gasteiger partial charge in [0.2, 0.25) is 0 Å². The monoisotopic (exact) mass is 231 g/mol. The zero-order valence-electron chi connectivity index (χ0n) is 11.5. The second kappa shape index (κ2) is 5.68. The Hall–Kier alpha value is -0.820. The molecule has 0 fully saturated rings. The minimum absolute atomic E-state index is 0.869. The Bertz CT molecular complexity index is 370. The molecular formula is C16H25N. The first-order valence-corrected chi connectivity index (χ1v) is 7.00. The summed E-state index contributed by atoms with van der Waals surface area (Å²) in [6, 6.07) is 6.75. The van der Waals surface area contributed by atoms with Crippen molar-refractivity contribution >= 4 is 0 Å². The Balaban J connectivity index is 1.95. The molecule has 1 heteroatoms. The second-order valence-corrected chi connectivity index (χ2v) is 5.54. The van der Waals surface area contributed by atoms with E-state index in [1.54, 1.807) is 11.1 Å². The lowest BCUT2D eigenvalue weighted by Crippen LogP contribution is -2.32. The van der Waals surface area contributed by atoms with Crippen LogP contribution in [-0.2, 0) is 13.0 Å². The maximum absolute atomic E-state index is 2.62. The molecule has 0 aliphatic carbocycles. The Morgan fingerprint density at radius 3 is 2.94 bits per heavy atom. The van der Waals surface area contributed by atoms with Gasteiger partial charge in [-0.1, -0.05) is 38.5 Å². The fraction of sp³-hybridized carbons (Fsp3) is 0.625. The van der Waals surface area contributed by atoms with Gasteiger partial charge in [0.15, 0.2) is 0 Å². The topological polar surface area (TPSA) is 3.24 Å². The molecule has 0 saturated carbocycles. The molecule has 1 aliphatic rings. The fourth-order valence-electron chi connectivity index (χ4n) is 2.66. The maximum Gasteiger partial charge on any atom is 0.0236 e. The zero-order valence-corrected chi connectivity index (χ0v) is 11.5. The van der Waals surface area contributed by atoms with Gasteiger partial charge < -0.3 is 0 Å². The van der Waals surface area contributed by atoms with E-state index in [0.717, 1.165) is 12.5 Å². The molecule has 94 valence electrons. The van der Waals surface area contributed by atoms with Crippen LogP contribution >= 0.6 is 0 Å². The van der Waals surface area contributed by atoms with Crippen LogP contribution in [0.15, 0.2) is 18.2 Å². The van der Waals surface area contributed by atoms with Gasteiger partial charge in [-0.15, -0.1) is 0 Å². The summed E-state index contributed by atoms with van der Waals surface area (Å²) in [5.41, 5.74) is 4.64. The molecule has 1 unspecified atom stereocenters. The number of nitrogens with zero attached hydrogens (tertiary/aromatic N) is 1. The molecule has 1 nitrogen and oxygen atoms in total. The van der Waals surface area contributed by atoms with E-state index in [1.807, 2.05) is 0 Å². The van der Waals surface area contributed by atoms with E-state index in [9.17, 15) is 0 Å². The van der Waals surface area contributed by atoms with Crippen molar-refractivity contribution in [1.29, 1.82) is 0 Å². The zero-order chi connectivity index (χ0) is 12.3. The predicted octanol–water partition coefficient (Wildman–Crippen LogP) is 3.79. The molecule has 0 N–H and O–H groups in total. The SMILES string of the molecule is CCC(C)CCN1CCc2c(C)cccc2C1. The fourth-order valence-corrected chi connectivity index (χ4v) is 2.66. The summed E-state index contributed by atoms with van der Waals surface area (Å²) >= 11 is 0. The number of aryl methyl sites for hydroxylation is 1. The van der Waals surface area contributed by atoms with E-state index >= 15 is 0 Å². The van der Waals surface area contributed by atoms with Gasteiger partial charge >= 0.3 is 0 Å². The summed E-state index contributed by atoms with van der Waals surface area (Å²) in [5, 5.41) is 0. The van der Waals surface area contributed by atoms with Crippen LogP contribution in [-0.4, -0.2) is 18.0 Å². The highest BCUT2D eigenvalue weighted by atomic mass is 15.1. The first-order chi connectivity index (χ1) is 8.20. The van der Waals surface area contributed by atoms with Crippen LogP contribution in [0.4, 0.5) is 0 Å². The first kappa shape index (κ1) is 12.6. The largest absolute Gasteiger partial charge is 0.299 e. The lowest BCUT2D eigenvalue weighted by Gasteiger charge is -2.30. The van der Waals surface area contributed by atoms with Crippen molar-refractivity contribution < 1.29 is 0 Å². The molecule has 0 amide bonds. The van der Waals surface area contributed by atoms with Crippen molar-refractivity contribution in [3.8, 4) is 0 Å². The Morgan fingerprint density at radius 1 is 1.35 bits per heavy atom. The Morgan fingerprint density at radius 2 is 2.18 bits per heavy atom. The normalized spacial score (nSPS) is 17.8. The highest BCUT2D eigenvalue weighted by Crippen LogP contribution is 2.22. The van der Waals surface area contributed by atoms with E-state index in [0.29, 0.717) is 0 Å². The van der Waals surface area contributed by atoms with Crippen LogP contribution < -0.4 is 0 Å². The summed E-state index contributed by atoms with van der Waals surface area (Å²) in [6.07, 6.45) is 3.89. The van der Waals surface area contributed by atoms with Crippen molar-refractivity contribution in [3.05, 3.63) is 34.9 Å². The molecule has 17 heavy (non-hydrogen) atoms. The smallest absolute Gasteiger partial charge is 0.0236 e. The highest BCUT2D eigenvalue weighted by Gasteiger charge is 2.17. The van der Waals surface area contributed by atoms with Crippen LogP contribution in [0.1, 0.15) is 43.4 Å². The first-order valence-electron chi connectivity index (χ1n) is 7.00. The highest BCUT2D eigenvalue weighted by molar-refractivity contribution is 5.36. The molecule has 1 aromatic rings. The van der Waals surface area contributed by atoms with Gasteiger partial charge in [-0.2, -0.15) is 0 Å². The number of hydrogen-bond donors (Lipinski definition) is 0. The van der Waals surface area contributed by atoms with Gasteiger partial charge in [-0.25, -0.2) is 0 Å². The standard InChI is InChI=1S/C16H25N/c1-4-13(2)8-10-17-11-9-16-14(3)6-5-7-15(16)12-17/h5-7,13H,4,8-12H2,1-3H3. The molecule has 0 bridgehead atoms. The van der Waals surface area contributed by atoms with E-state index in [1.165, 1.54) is 37.9 Å². The summed E-state index contributed by atoms with van der Waals surface area (Å²) in [6.45, 7) is 10.6. The number of rotatable bonds is 4. The molecule has 2 rings (SSSR count). The molecule has 0 saturated heterocycles. The third-order valence-corrected chi connectivity index (χ3v) is 4.21. The van der Waals surface area contributed by atoms with E-state index < -0.39 is 0 Å². The summed E-state index contributed by atoms with van der Waals surface area (Å²) in [5.74, 6) is 0.869. The second-order valence-electron chi connectivity index (χ2n) is 5.54. The number of fused-ring (bicyclic) bond motifs is 1. The van der Waals surface area contributed by atoms with Crippen LogP contribution in [0.2, 0.25) is 0 Å². The van der Waals surface area contributed by atoms with Crippen LogP contribution in [0.25, 0.3) is 0 Å². The van der Waals surface area contributed by atoms with Gasteiger partial charge in [-0.05, 0) is 48.9 Å². The summed E-state index contributed by atoms with van der Waals surface area (Å²) in [4.78, 5) is 2.62. The molecule has 1 heterocycles. The Kier molecular flexibility index (Phi) is 4.22. The van der Waals surface area contributed by atoms with Crippen LogP contribution in [0, 0.1) is 12.8 Å².